The van der Waals surface area contributed by atoms with Crippen molar-refractivity contribution in [1.29, 1.82) is 0 Å². The average molecular weight is 100 g/mol. The molecule has 0 aromatic rings. The predicted octanol–water partition coefficient (Wildman–Crippen LogP) is -3.67. The van der Waals surface area contributed by atoms with E-state index in [9.17, 15) is 0 Å². The molecule has 0 radical (unpaired) electrons. The molecule has 0 aliphatic rings. The van der Waals surface area contributed by atoms with Crippen LogP contribution in [0.1, 0.15) is 13.8 Å². The van der Waals surface area contributed by atoms with Crippen LogP contribution in [0.5, 0.6) is 0 Å². The van der Waals surface area contributed by atoms with E-state index in [-0.39, 0.29) is 29.6 Å². The zero-order chi connectivity index (χ0) is 4.71. The second kappa shape index (κ2) is 38.9. The number of aliphatic hydroxyl groups is 1. The summed E-state index contributed by atoms with van der Waals surface area (Å²) in [7, 11) is 0. The Balaban J connectivity index is -0.0000000275. The molecule has 0 unspecified atom stereocenters. The molecule has 34 valence electrons. The van der Waals surface area contributed by atoms with Crippen LogP contribution in [0, 0.1) is 0 Å². The Morgan fingerprint density at radius 1 is 1.50 bits per heavy atom. The molecule has 0 aliphatic carbocycles. The van der Waals surface area contributed by atoms with Crippen LogP contribution in [0.2, 0.25) is 0 Å². The molecule has 0 aliphatic heterocycles. The van der Waals surface area contributed by atoms with E-state index < -0.39 is 6.79 Å². The van der Waals surface area contributed by atoms with Gasteiger partial charge in [-0.2, -0.15) is 0 Å². The van der Waals surface area contributed by atoms with Crippen molar-refractivity contribution in [2.45, 2.75) is 13.8 Å². The molecule has 0 saturated heterocycles. The van der Waals surface area contributed by atoms with Gasteiger partial charge in [0.2, 0.25) is 0 Å². The smallest absolute Gasteiger partial charge is 0.834 e. The number of hydrogen-bond acceptors (Lipinski definition) is 2. The van der Waals surface area contributed by atoms with Gasteiger partial charge in [-0.05, 0) is 6.79 Å². The first-order valence-electron chi connectivity index (χ1n) is 1.60. The van der Waals surface area contributed by atoms with E-state index in [0.717, 1.165) is 0 Å². The maximum atomic E-state index is 8.49. The summed E-state index contributed by atoms with van der Waals surface area (Å²) >= 11 is 0. The van der Waals surface area contributed by atoms with Crippen molar-refractivity contribution in [3.05, 3.63) is 0 Å². The summed E-state index contributed by atoms with van der Waals surface area (Å²) in [5.41, 5.74) is 0. The van der Waals surface area contributed by atoms with Crippen LogP contribution in [0.3, 0.4) is 0 Å². The molecule has 0 bridgehead atoms. The maximum Gasteiger partial charge on any atom is 1.00 e. The van der Waals surface area contributed by atoms with Gasteiger partial charge in [0.1, 0.15) is 0 Å². The molecule has 0 rings (SSSR count). The molecule has 0 fully saturated rings. The van der Waals surface area contributed by atoms with Gasteiger partial charge >= 0.3 is 29.6 Å². The summed E-state index contributed by atoms with van der Waals surface area (Å²) in [4.78, 5) is 0. The average Bonchev–Trinajstić information content (AvgIpc) is 1.46. The zero-order valence-corrected chi connectivity index (χ0v) is 6.56. The third-order valence-electron chi connectivity index (χ3n) is 0. The van der Waals surface area contributed by atoms with Gasteiger partial charge in [0, 0.05) is 0 Å². The summed E-state index contributed by atoms with van der Waals surface area (Å²) in [6, 6.07) is 0. The summed E-state index contributed by atoms with van der Waals surface area (Å²) in [6.45, 7) is 3.00. The van der Waals surface area contributed by atoms with Crippen LogP contribution in [0.15, 0.2) is 0 Å². The van der Waals surface area contributed by atoms with Crippen molar-refractivity contribution >= 4 is 0 Å². The van der Waals surface area contributed by atoms with Crippen LogP contribution in [0.4, 0.5) is 0 Å². The third kappa shape index (κ3) is 89.3. The Kier molecular flexibility index (Phi) is 102. The Hall–Kier alpha value is 0.920. The molecule has 0 atom stereocenters. The van der Waals surface area contributed by atoms with Crippen LogP contribution in [-0.4, -0.2) is 11.9 Å². The monoisotopic (exact) mass is 100 g/mol. The fraction of sp³-hybridized carbons (Fsp3) is 1.00. The Bertz CT molecular complexity index is 8.75. The molecule has 0 heterocycles. The minimum absolute atomic E-state index is 0. The molecule has 0 aromatic heterocycles. The number of rotatable bonds is 0. The Labute approximate surface area is 60.5 Å². The van der Waals surface area contributed by atoms with Gasteiger partial charge in [0.05, 0.1) is 0 Å². The van der Waals surface area contributed by atoms with Crippen molar-refractivity contribution in [1.82, 2.24) is 0 Å². The summed E-state index contributed by atoms with van der Waals surface area (Å²) in [5.74, 6) is 0. The first kappa shape index (κ1) is 15.8. The molecular formula is C3H9NaO2. The number of aliphatic hydroxyl groups excluding tert-OH is 1. The molecule has 1 N–H and O–H groups in total. The first-order chi connectivity index (χ1) is 2.41. The van der Waals surface area contributed by atoms with E-state index in [1.165, 1.54) is 0 Å². The van der Waals surface area contributed by atoms with Gasteiger partial charge in [-0.15, -0.1) is 0 Å². The minimum atomic E-state index is -1.00. The second-order valence-electron chi connectivity index (χ2n) is 0.129. The van der Waals surface area contributed by atoms with Crippen LogP contribution >= 0.6 is 0 Å². The van der Waals surface area contributed by atoms with E-state index in [0.29, 0.717) is 0 Å². The first-order valence-corrected chi connectivity index (χ1v) is 1.60. The zero-order valence-electron chi connectivity index (χ0n) is 4.56. The number of hydrogen-bond donors (Lipinski definition) is 1. The summed E-state index contributed by atoms with van der Waals surface area (Å²) < 4.78 is 0. The fourth-order valence-electron chi connectivity index (χ4n) is 0. The molecular weight excluding hydrogens is 91.0 g/mol. The largest absolute Gasteiger partial charge is 1.00 e. The quantitative estimate of drug-likeness (QED) is 0.252. The van der Waals surface area contributed by atoms with Gasteiger partial charge in [-0.25, -0.2) is 0 Å². The predicted molar refractivity (Wildman–Crippen MR) is 18.4 cm³/mol. The molecule has 0 amide bonds. The SMILES string of the molecule is CC.[Na+].[O-]CO. The van der Waals surface area contributed by atoms with Crippen molar-refractivity contribution in [2.24, 2.45) is 0 Å². The van der Waals surface area contributed by atoms with E-state index in [1.807, 2.05) is 13.8 Å². The van der Waals surface area contributed by atoms with E-state index in [1.54, 1.807) is 0 Å². The van der Waals surface area contributed by atoms with Crippen LogP contribution < -0.4 is 34.7 Å². The summed E-state index contributed by atoms with van der Waals surface area (Å²) in [5, 5.41) is 15.5. The van der Waals surface area contributed by atoms with Gasteiger partial charge in [0.25, 0.3) is 0 Å². The van der Waals surface area contributed by atoms with Gasteiger partial charge in [0.15, 0.2) is 0 Å². The maximum absolute atomic E-state index is 8.49. The van der Waals surface area contributed by atoms with Crippen molar-refractivity contribution in [3.8, 4) is 0 Å². The van der Waals surface area contributed by atoms with Gasteiger partial charge in [-0.3, -0.25) is 0 Å². The Morgan fingerprint density at radius 2 is 1.50 bits per heavy atom. The van der Waals surface area contributed by atoms with Crippen molar-refractivity contribution in [2.75, 3.05) is 6.79 Å². The van der Waals surface area contributed by atoms with Crippen molar-refractivity contribution in [3.63, 3.8) is 0 Å². The molecule has 0 saturated carbocycles. The molecule has 6 heavy (non-hydrogen) atoms. The van der Waals surface area contributed by atoms with Crippen LogP contribution in [0.25, 0.3) is 0 Å². The standard InChI is InChI=1S/C2H6.CH3O2.Na/c1-2;2-1-3;/h1-2H3;2H,1H2;/q;-1;+1. The fourth-order valence-corrected chi connectivity index (χ4v) is 0. The third-order valence-corrected chi connectivity index (χ3v) is 0. The van der Waals surface area contributed by atoms with E-state index in [2.05, 4.69) is 0 Å². The normalized spacial score (nSPS) is 4.00. The minimum Gasteiger partial charge on any atom is -0.834 e. The summed E-state index contributed by atoms with van der Waals surface area (Å²) in [6.07, 6.45) is 0. The molecule has 3 heteroatoms. The van der Waals surface area contributed by atoms with Gasteiger partial charge in [-0.1, -0.05) is 13.8 Å². The van der Waals surface area contributed by atoms with Crippen LogP contribution in [-0.2, 0) is 0 Å². The second-order valence-corrected chi connectivity index (χ2v) is 0.129. The molecule has 0 aromatic carbocycles. The van der Waals surface area contributed by atoms with E-state index in [4.69, 9.17) is 10.2 Å². The van der Waals surface area contributed by atoms with E-state index >= 15 is 0 Å². The molecule has 2 nitrogen and oxygen atoms in total. The van der Waals surface area contributed by atoms with Crippen molar-refractivity contribution < 1.29 is 39.8 Å². The van der Waals surface area contributed by atoms with Gasteiger partial charge < -0.3 is 10.2 Å². The Morgan fingerprint density at radius 3 is 1.50 bits per heavy atom. The molecule has 0 spiro atoms. The topological polar surface area (TPSA) is 43.3 Å².